The van der Waals surface area contributed by atoms with Crippen LogP contribution in [0.15, 0.2) is 59.5 Å². The van der Waals surface area contributed by atoms with Gasteiger partial charge in [0.05, 0.1) is 11.0 Å². The third-order valence-corrected chi connectivity index (χ3v) is 4.73. The molecule has 2 atom stereocenters. The molecule has 9 heteroatoms. The molecule has 27 heavy (non-hydrogen) atoms. The van der Waals surface area contributed by atoms with Crippen molar-refractivity contribution < 1.29 is 32.7 Å². The minimum absolute atomic E-state index is 0.000108. The van der Waals surface area contributed by atoms with E-state index in [0.717, 1.165) is 11.6 Å². The van der Waals surface area contributed by atoms with Gasteiger partial charge < -0.3 is 20.3 Å². The lowest BCUT2D eigenvalue weighted by Gasteiger charge is -2.20. The summed E-state index contributed by atoms with van der Waals surface area (Å²) in [7, 11) is -4.54. The number of amides is 1. The summed E-state index contributed by atoms with van der Waals surface area (Å²) in [6.07, 6.45) is -3.65. The molecule has 146 valence electrons. The van der Waals surface area contributed by atoms with Gasteiger partial charge >= 0.3 is 6.09 Å². The van der Waals surface area contributed by atoms with Crippen LogP contribution in [-0.2, 0) is 21.5 Å². The Bertz CT molecular complexity index is 855. The van der Waals surface area contributed by atoms with Crippen molar-refractivity contribution in [2.24, 2.45) is 0 Å². The van der Waals surface area contributed by atoms with Gasteiger partial charge in [-0.3, -0.25) is 4.55 Å². The largest absolute Gasteiger partial charge is 0.445 e. The third-order valence-electron chi connectivity index (χ3n) is 3.80. The van der Waals surface area contributed by atoms with Crippen LogP contribution in [0.25, 0.3) is 0 Å². The fourth-order valence-electron chi connectivity index (χ4n) is 2.42. The Hall–Kier alpha value is -2.46. The maximum atomic E-state index is 11.6. The summed E-state index contributed by atoms with van der Waals surface area (Å²) >= 11 is 0. The normalized spacial score (nSPS) is 13.6. The number of benzene rings is 2. The molecule has 0 aliphatic heterocycles. The predicted octanol–water partition coefficient (Wildman–Crippen LogP) is 1.64. The molecule has 0 fully saturated rings. The highest BCUT2D eigenvalue weighted by molar-refractivity contribution is 7.85. The lowest BCUT2D eigenvalue weighted by molar-refractivity contribution is 0.0120. The molecular weight excluding hydrogens is 374 g/mol. The lowest BCUT2D eigenvalue weighted by Crippen LogP contribution is -2.30. The maximum absolute atomic E-state index is 11.6. The van der Waals surface area contributed by atoms with Crippen molar-refractivity contribution >= 4 is 16.2 Å². The van der Waals surface area contributed by atoms with Crippen molar-refractivity contribution in [3.8, 4) is 0 Å². The molecule has 8 nitrogen and oxygen atoms in total. The van der Waals surface area contributed by atoms with Crippen LogP contribution in [-0.4, -0.2) is 41.9 Å². The molecule has 0 radical (unpaired) electrons. The molecule has 0 aromatic heterocycles. The molecule has 0 aliphatic carbocycles. The van der Waals surface area contributed by atoms with Crippen molar-refractivity contribution in [1.82, 2.24) is 5.32 Å². The molecule has 4 N–H and O–H groups in total. The van der Waals surface area contributed by atoms with E-state index in [9.17, 15) is 28.0 Å². The van der Waals surface area contributed by atoms with E-state index in [1.54, 1.807) is 12.1 Å². The number of aliphatic hydroxyl groups excluding tert-OH is 2. The van der Waals surface area contributed by atoms with Crippen LogP contribution in [0.5, 0.6) is 0 Å². The maximum Gasteiger partial charge on any atom is 0.407 e. The topological polar surface area (TPSA) is 133 Å². The average molecular weight is 395 g/mol. The zero-order chi connectivity index (χ0) is 19.9. The first kappa shape index (κ1) is 20.8. The number of carbonyl (C=O) groups excluding carboxylic acids is 1. The Morgan fingerprint density at radius 2 is 1.67 bits per heavy atom. The van der Waals surface area contributed by atoms with Crippen molar-refractivity contribution in [2.75, 3.05) is 6.54 Å². The van der Waals surface area contributed by atoms with Gasteiger partial charge in [-0.1, -0.05) is 48.5 Å². The minimum atomic E-state index is -4.54. The molecule has 0 saturated carbocycles. The molecule has 2 aromatic carbocycles. The molecule has 0 aliphatic rings. The first-order valence-corrected chi connectivity index (χ1v) is 9.60. The molecule has 2 rings (SSSR count). The summed E-state index contributed by atoms with van der Waals surface area (Å²) < 4.78 is 36.9. The Morgan fingerprint density at radius 1 is 1.04 bits per heavy atom. The Morgan fingerprint density at radius 3 is 2.33 bits per heavy atom. The van der Waals surface area contributed by atoms with Crippen molar-refractivity contribution in [3.63, 3.8) is 0 Å². The summed E-state index contributed by atoms with van der Waals surface area (Å²) in [5.74, 6) is 0. The zero-order valence-corrected chi connectivity index (χ0v) is 15.2. The fraction of sp³-hybridized carbons (Fsp3) is 0.278. The Balaban J connectivity index is 1.83. The summed E-state index contributed by atoms with van der Waals surface area (Å²) in [4.78, 5) is 11.2. The quantitative estimate of drug-likeness (QED) is 0.499. The van der Waals surface area contributed by atoms with E-state index in [1.807, 2.05) is 18.2 Å². The van der Waals surface area contributed by atoms with E-state index in [1.165, 1.54) is 18.2 Å². The van der Waals surface area contributed by atoms with Crippen molar-refractivity contribution in [2.45, 2.75) is 30.1 Å². The Labute approximate surface area is 157 Å². The summed E-state index contributed by atoms with van der Waals surface area (Å²) in [5, 5.41) is 22.7. The van der Waals surface area contributed by atoms with Gasteiger partial charge in [0, 0.05) is 12.1 Å². The number of rotatable bonds is 8. The fourth-order valence-corrected chi connectivity index (χ4v) is 3.16. The van der Waals surface area contributed by atoms with Crippen LogP contribution in [0.1, 0.15) is 23.7 Å². The first-order chi connectivity index (χ1) is 12.8. The highest BCUT2D eigenvalue weighted by Crippen LogP contribution is 2.25. The second-order valence-corrected chi connectivity index (χ2v) is 7.19. The number of alkyl carbamates (subject to hydrolysis) is 1. The predicted molar refractivity (Wildman–Crippen MR) is 96.5 cm³/mol. The van der Waals surface area contributed by atoms with Crippen LogP contribution in [0.3, 0.4) is 0 Å². The smallest absolute Gasteiger partial charge is 0.407 e. The molecule has 0 saturated heterocycles. The monoisotopic (exact) mass is 395 g/mol. The van der Waals surface area contributed by atoms with Gasteiger partial charge in [0.15, 0.2) is 0 Å². The van der Waals surface area contributed by atoms with E-state index in [4.69, 9.17) is 4.74 Å². The molecular formula is C18H21NO7S. The van der Waals surface area contributed by atoms with Gasteiger partial charge in [-0.15, -0.1) is 0 Å². The lowest BCUT2D eigenvalue weighted by atomic mass is 10.0. The van der Waals surface area contributed by atoms with Gasteiger partial charge in [-0.05, 0) is 18.1 Å². The summed E-state index contributed by atoms with van der Waals surface area (Å²) in [6.45, 7) is 0.0967. The number of hydrogen-bond donors (Lipinski definition) is 4. The third kappa shape index (κ3) is 6.33. The second-order valence-electron chi connectivity index (χ2n) is 5.80. The van der Waals surface area contributed by atoms with E-state index in [0.29, 0.717) is 0 Å². The second kappa shape index (κ2) is 9.47. The van der Waals surface area contributed by atoms with Crippen LogP contribution in [0.2, 0.25) is 0 Å². The van der Waals surface area contributed by atoms with Gasteiger partial charge in [-0.2, -0.15) is 8.42 Å². The number of carbonyl (C=O) groups is 1. The molecule has 2 unspecified atom stereocenters. The number of hydrogen-bond acceptors (Lipinski definition) is 6. The number of nitrogens with one attached hydrogen (secondary N) is 1. The highest BCUT2D eigenvalue weighted by Gasteiger charge is 2.25. The highest BCUT2D eigenvalue weighted by atomic mass is 32.2. The van der Waals surface area contributed by atoms with Crippen LogP contribution >= 0.6 is 0 Å². The average Bonchev–Trinajstić information content (AvgIpc) is 2.66. The molecule has 0 heterocycles. The van der Waals surface area contributed by atoms with Gasteiger partial charge in [0.25, 0.3) is 10.1 Å². The number of aliphatic hydroxyl groups is 2. The number of ether oxygens (including phenoxy) is 1. The molecule has 1 amide bonds. The SMILES string of the molecule is O=C(NCCC(O)C(O)c1ccccc1S(=O)(=O)O)OCc1ccccc1. The van der Waals surface area contributed by atoms with Gasteiger partial charge in [0.2, 0.25) is 0 Å². The van der Waals surface area contributed by atoms with E-state index in [-0.39, 0.29) is 25.1 Å². The van der Waals surface area contributed by atoms with Crippen LogP contribution in [0.4, 0.5) is 4.79 Å². The minimum Gasteiger partial charge on any atom is -0.445 e. The molecule has 0 spiro atoms. The first-order valence-electron chi connectivity index (χ1n) is 8.16. The van der Waals surface area contributed by atoms with E-state index >= 15 is 0 Å². The van der Waals surface area contributed by atoms with Crippen LogP contribution < -0.4 is 5.32 Å². The molecule has 0 bridgehead atoms. The summed E-state index contributed by atoms with van der Waals surface area (Å²) in [6, 6.07) is 14.4. The Kier molecular flexibility index (Phi) is 7.31. The van der Waals surface area contributed by atoms with Gasteiger partial charge in [0.1, 0.15) is 12.7 Å². The van der Waals surface area contributed by atoms with Crippen LogP contribution in [0, 0.1) is 0 Å². The van der Waals surface area contributed by atoms with Crippen molar-refractivity contribution in [1.29, 1.82) is 0 Å². The standard InChI is InChI=1S/C18H21NO7S/c20-15(17(21)14-8-4-5-9-16(14)27(23,24)25)10-11-19-18(22)26-12-13-6-2-1-3-7-13/h1-9,15,17,20-21H,10-12H2,(H,19,22)(H,23,24,25). The zero-order valence-electron chi connectivity index (χ0n) is 14.4. The van der Waals surface area contributed by atoms with E-state index in [2.05, 4.69) is 5.32 Å². The van der Waals surface area contributed by atoms with Crippen molar-refractivity contribution in [3.05, 3.63) is 65.7 Å². The molecule has 2 aromatic rings. The van der Waals surface area contributed by atoms with Gasteiger partial charge in [-0.25, -0.2) is 4.79 Å². The van der Waals surface area contributed by atoms with E-state index < -0.39 is 33.3 Å². The summed E-state index contributed by atoms with van der Waals surface area (Å²) in [5.41, 5.74) is 0.698.